The number of benzene rings is 1. The fourth-order valence-electron chi connectivity index (χ4n) is 3.64. The van der Waals surface area contributed by atoms with Crippen LogP contribution in [0.2, 0.25) is 0 Å². The summed E-state index contributed by atoms with van der Waals surface area (Å²) in [6.07, 6.45) is 4.63. The van der Waals surface area contributed by atoms with Crippen molar-refractivity contribution < 1.29 is 4.79 Å². The highest BCUT2D eigenvalue weighted by Gasteiger charge is 2.39. The second kappa shape index (κ2) is 7.31. The molecule has 0 saturated carbocycles. The topological polar surface area (TPSA) is 63.1 Å². The second-order valence-corrected chi connectivity index (χ2v) is 8.27. The first-order valence-electron chi connectivity index (χ1n) is 9.34. The molecule has 0 radical (unpaired) electrons. The molecule has 26 heavy (non-hydrogen) atoms. The van der Waals surface area contributed by atoms with Crippen LogP contribution in [0.4, 0.5) is 0 Å². The molecule has 1 fully saturated rings. The number of likely N-dealkylation sites (tertiary alicyclic amines) is 1. The van der Waals surface area contributed by atoms with Gasteiger partial charge in [-0.1, -0.05) is 54.4 Å². The van der Waals surface area contributed by atoms with Gasteiger partial charge in [0.05, 0.1) is 6.04 Å². The maximum absolute atomic E-state index is 13.4. The van der Waals surface area contributed by atoms with Crippen LogP contribution in [0.3, 0.4) is 0 Å². The van der Waals surface area contributed by atoms with Crippen LogP contribution in [0, 0.1) is 13.8 Å². The Balaban J connectivity index is 1.66. The number of thioether (sulfide) groups is 1. The lowest BCUT2D eigenvalue weighted by molar-refractivity contribution is -0.131. The van der Waals surface area contributed by atoms with E-state index in [0.29, 0.717) is 0 Å². The number of fused-ring (bicyclic) bond motifs is 1. The van der Waals surface area contributed by atoms with E-state index in [-0.39, 0.29) is 17.2 Å². The maximum atomic E-state index is 13.4. The average Bonchev–Trinajstić information content (AvgIpc) is 2.86. The molecule has 138 valence electrons. The molecular formula is C19H25N5OS. The summed E-state index contributed by atoms with van der Waals surface area (Å²) < 4.78 is 1.90. The van der Waals surface area contributed by atoms with E-state index >= 15 is 0 Å². The Bertz CT molecular complexity index is 780. The van der Waals surface area contributed by atoms with Gasteiger partial charge < -0.3 is 10.3 Å². The lowest BCUT2D eigenvalue weighted by Gasteiger charge is -2.35. The van der Waals surface area contributed by atoms with E-state index in [1.807, 2.05) is 16.5 Å². The van der Waals surface area contributed by atoms with Gasteiger partial charge in [-0.05, 0) is 32.3 Å². The molecule has 1 N–H and O–H groups in total. The number of aryl methyl sites for hydroxylation is 2. The Kier molecular flexibility index (Phi) is 4.89. The molecule has 1 amide bonds. The zero-order valence-corrected chi connectivity index (χ0v) is 16.1. The van der Waals surface area contributed by atoms with Crippen molar-refractivity contribution in [3.05, 3.63) is 41.2 Å². The zero-order chi connectivity index (χ0) is 18.1. The number of nitrogens with one attached hydrogen (secondary N) is 1. The van der Waals surface area contributed by atoms with Crippen LogP contribution in [0.1, 0.15) is 48.7 Å². The van der Waals surface area contributed by atoms with Gasteiger partial charge in [-0.25, -0.2) is 4.68 Å². The number of nitrogens with zero attached hydrogens (tertiary/aromatic N) is 4. The van der Waals surface area contributed by atoms with Crippen LogP contribution in [0.15, 0.2) is 29.4 Å². The van der Waals surface area contributed by atoms with Gasteiger partial charge in [0.1, 0.15) is 11.1 Å². The van der Waals surface area contributed by atoms with E-state index in [1.165, 1.54) is 30.2 Å². The van der Waals surface area contributed by atoms with E-state index in [0.717, 1.165) is 42.5 Å². The molecule has 2 aromatic rings. The predicted molar refractivity (Wildman–Crippen MR) is 103 cm³/mol. The smallest absolute Gasteiger partial charge is 0.238 e. The van der Waals surface area contributed by atoms with Crippen molar-refractivity contribution in [3.63, 3.8) is 0 Å². The highest BCUT2D eigenvalue weighted by atomic mass is 32.2. The summed E-state index contributed by atoms with van der Waals surface area (Å²) >= 11 is 1.53. The molecule has 1 aromatic carbocycles. The molecule has 7 heteroatoms. The fraction of sp³-hybridized carbons (Fsp3) is 0.526. The zero-order valence-electron chi connectivity index (χ0n) is 15.3. The monoisotopic (exact) mass is 371 g/mol. The lowest BCUT2D eigenvalue weighted by Crippen LogP contribution is -2.46. The summed E-state index contributed by atoms with van der Waals surface area (Å²) in [5.41, 5.74) is 5.83. The molecular weight excluding hydrogens is 346 g/mol. The summed E-state index contributed by atoms with van der Waals surface area (Å²) in [5, 5.41) is 8.94. The minimum Gasteiger partial charge on any atom is -0.342 e. The van der Waals surface area contributed by atoms with Crippen molar-refractivity contribution in [1.29, 1.82) is 0 Å². The standard InChI is InChI=1S/C19H25N5OS/c1-13-7-9-15(10-8-13)16-17(18(25)23-11-5-3-4-6-12-23)26-19-21-20-14(2)24(19)22-16/h7-10,16-17,22H,3-6,11-12H2,1-2H3/t16-,17-/m1/s1. The molecule has 0 aliphatic carbocycles. The van der Waals surface area contributed by atoms with E-state index in [4.69, 9.17) is 0 Å². The molecule has 1 aromatic heterocycles. The summed E-state index contributed by atoms with van der Waals surface area (Å²) in [4.78, 5) is 15.4. The van der Waals surface area contributed by atoms with Gasteiger partial charge in [0.25, 0.3) is 0 Å². The number of carbonyl (C=O) groups excluding carboxylic acids is 1. The Morgan fingerprint density at radius 1 is 1.08 bits per heavy atom. The summed E-state index contributed by atoms with van der Waals surface area (Å²) in [5.74, 6) is 1.02. The van der Waals surface area contributed by atoms with Gasteiger partial charge in [-0.3, -0.25) is 4.79 Å². The predicted octanol–water partition coefficient (Wildman–Crippen LogP) is 3.06. The van der Waals surface area contributed by atoms with Gasteiger partial charge in [-0.2, -0.15) is 0 Å². The summed E-state index contributed by atoms with van der Waals surface area (Å²) in [6, 6.07) is 8.33. The summed E-state index contributed by atoms with van der Waals surface area (Å²) in [6.45, 7) is 5.73. The van der Waals surface area contributed by atoms with Gasteiger partial charge in [0.15, 0.2) is 0 Å². The van der Waals surface area contributed by atoms with Crippen molar-refractivity contribution in [1.82, 2.24) is 19.8 Å². The second-order valence-electron chi connectivity index (χ2n) is 7.16. The van der Waals surface area contributed by atoms with Gasteiger partial charge in [0.2, 0.25) is 11.1 Å². The highest BCUT2D eigenvalue weighted by molar-refractivity contribution is 8.00. The third kappa shape index (κ3) is 3.32. The third-order valence-electron chi connectivity index (χ3n) is 5.20. The molecule has 2 aliphatic heterocycles. The Morgan fingerprint density at radius 2 is 1.77 bits per heavy atom. The van der Waals surface area contributed by atoms with Gasteiger partial charge >= 0.3 is 0 Å². The van der Waals surface area contributed by atoms with Crippen LogP contribution in [0.25, 0.3) is 0 Å². The normalized spacial score (nSPS) is 23.1. The highest BCUT2D eigenvalue weighted by Crippen LogP contribution is 2.38. The van der Waals surface area contributed by atoms with Crippen LogP contribution in [-0.4, -0.2) is 44.0 Å². The lowest BCUT2D eigenvalue weighted by atomic mass is 10.0. The van der Waals surface area contributed by atoms with Crippen molar-refractivity contribution >= 4 is 17.7 Å². The molecule has 2 aliphatic rings. The number of amides is 1. The number of carbonyl (C=O) groups is 1. The first-order chi connectivity index (χ1) is 12.6. The molecule has 2 atom stereocenters. The van der Waals surface area contributed by atoms with E-state index in [1.54, 1.807) is 0 Å². The number of hydrogen-bond donors (Lipinski definition) is 1. The molecule has 3 heterocycles. The third-order valence-corrected chi connectivity index (χ3v) is 6.40. The number of aromatic nitrogens is 3. The Morgan fingerprint density at radius 3 is 2.46 bits per heavy atom. The molecule has 1 saturated heterocycles. The fourth-order valence-corrected chi connectivity index (χ4v) is 4.85. The molecule has 0 bridgehead atoms. The number of rotatable bonds is 2. The quantitative estimate of drug-likeness (QED) is 0.879. The maximum Gasteiger partial charge on any atom is 0.238 e. The average molecular weight is 372 g/mol. The van der Waals surface area contributed by atoms with Crippen molar-refractivity contribution in [2.45, 2.75) is 56.0 Å². The van der Waals surface area contributed by atoms with Crippen LogP contribution >= 0.6 is 11.8 Å². The summed E-state index contributed by atoms with van der Waals surface area (Å²) in [7, 11) is 0. The van der Waals surface area contributed by atoms with Crippen molar-refractivity contribution in [2.24, 2.45) is 0 Å². The molecule has 4 rings (SSSR count). The first kappa shape index (κ1) is 17.4. The van der Waals surface area contributed by atoms with Crippen molar-refractivity contribution in [3.8, 4) is 0 Å². The van der Waals surface area contributed by atoms with E-state index in [2.05, 4.69) is 46.8 Å². The number of hydrogen-bond acceptors (Lipinski definition) is 5. The molecule has 6 nitrogen and oxygen atoms in total. The van der Waals surface area contributed by atoms with Crippen molar-refractivity contribution in [2.75, 3.05) is 18.5 Å². The first-order valence-corrected chi connectivity index (χ1v) is 10.2. The minimum atomic E-state index is -0.230. The van der Waals surface area contributed by atoms with Crippen LogP contribution in [0.5, 0.6) is 0 Å². The van der Waals surface area contributed by atoms with Gasteiger partial charge in [0, 0.05) is 13.1 Å². The SMILES string of the molecule is Cc1ccc([C@H]2Nn3c(C)nnc3S[C@H]2C(=O)N2CCCCCC2)cc1. The molecule has 0 spiro atoms. The van der Waals surface area contributed by atoms with E-state index < -0.39 is 0 Å². The van der Waals surface area contributed by atoms with E-state index in [9.17, 15) is 4.79 Å². The van der Waals surface area contributed by atoms with Gasteiger partial charge in [-0.15, -0.1) is 10.2 Å². The molecule has 0 unspecified atom stereocenters. The van der Waals surface area contributed by atoms with Crippen LogP contribution in [-0.2, 0) is 4.79 Å². The Labute approximate surface area is 158 Å². The largest absolute Gasteiger partial charge is 0.342 e. The van der Waals surface area contributed by atoms with Crippen LogP contribution < -0.4 is 5.43 Å². The minimum absolute atomic E-state index is 0.0986. The Hall–Kier alpha value is -2.02.